The largest absolute Gasteiger partial charge is 0.487 e. The van der Waals surface area contributed by atoms with Gasteiger partial charge in [-0.05, 0) is 80.4 Å². The van der Waals surface area contributed by atoms with Gasteiger partial charge in [0.2, 0.25) is 11.8 Å². The van der Waals surface area contributed by atoms with Crippen LogP contribution < -0.4 is 15.4 Å². The summed E-state index contributed by atoms with van der Waals surface area (Å²) in [6.07, 6.45) is 7.41. The van der Waals surface area contributed by atoms with Crippen molar-refractivity contribution in [2.75, 3.05) is 26.2 Å². The van der Waals surface area contributed by atoms with Crippen LogP contribution in [0.5, 0.6) is 5.75 Å². The van der Waals surface area contributed by atoms with Crippen LogP contribution in [0.1, 0.15) is 67.7 Å². The number of carbonyl (C=O) groups is 3. The monoisotopic (exact) mass is 565 g/mol. The van der Waals surface area contributed by atoms with Gasteiger partial charge in [-0.3, -0.25) is 19.4 Å². The number of carboxylic acid groups (broad SMARTS) is 1. The molecule has 2 aromatic rings. The lowest BCUT2D eigenvalue weighted by Crippen LogP contribution is -2.46. The van der Waals surface area contributed by atoms with E-state index in [9.17, 15) is 23.9 Å². The van der Waals surface area contributed by atoms with Crippen LogP contribution in [-0.2, 0) is 21.0 Å². The zero-order valence-electron chi connectivity index (χ0n) is 23.0. The lowest BCUT2D eigenvalue weighted by atomic mass is 9.92. The van der Waals surface area contributed by atoms with E-state index in [-0.39, 0.29) is 30.4 Å². The Morgan fingerprint density at radius 1 is 1.22 bits per heavy atom. The number of aliphatic carboxylic acids is 1. The summed E-state index contributed by atoms with van der Waals surface area (Å²) in [4.78, 5) is 43.7. The molecule has 218 valence electrons. The number of nitriles is 1. The predicted octanol–water partition coefficient (Wildman–Crippen LogP) is 3.32. The highest BCUT2D eigenvalue weighted by molar-refractivity contribution is 5.82. The highest BCUT2D eigenvalue weighted by atomic mass is 19.1. The Bertz CT molecular complexity index is 1280. The lowest BCUT2D eigenvalue weighted by Gasteiger charge is -2.33. The van der Waals surface area contributed by atoms with Crippen LogP contribution in [0.25, 0.3) is 0 Å². The molecule has 2 saturated heterocycles. The molecule has 2 aliphatic heterocycles. The number of amides is 2. The van der Waals surface area contributed by atoms with E-state index in [0.717, 1.165) is 32.4 Å². The Balaban J connectivity index is 1.36. The molecular formula is C30H36FN5O5. The van der Waals surface area contributed by atoms with E-state index in [2.05, 4.69) is 15.6 Å². The van der Waals surface area contributed by atoms with Crippen LogP contribution >= 0.6 is 0 Å². The molecule has 11 heteroatoms. The summed E-state index contributed by atoms with van der Waals surface area (Å²) in [7, 11) is 0. The molecule has 3 heterocycles. The summed E-state index contributed by atoms with van der Waals surface area (Å²) >= 11 is 0. The zero-order chi connectivity index (χ0) is 29.2. The number of ether oxygens (including phenoxy) is 1. The van der Waals surface area contributed by atoms with Gasteiger partial charge in [-0.25, -0.2) is 4.39 Å². The molecule has 4 rings (SSSR count). The number of hydrogen-bond donors (Lipinski definition) is 3. The van der Waals surface area contributed by atoms with Crippen LogP contribution in [0.2, 0.25) is 0 Å². The molecule has 0 spiro atoms. The minimum atomic E-state index is -1.09. The van der Waals surface area contributed by atoms with Crippen LogP contribution in [0.3, 0.4) is 0 Å². The number of pyridine rings is 1. The number of likely N-dealkylation sites (tertiary alicyclic amines) is 1. The van der Waals surface area contributed by atoms with Gasteiger partial charge in [-0.1, -0.05) is 6.07 Å². The SMILES string of the molecule is N#Cc1cc(COc2cncc([C@H](CC(=O)O)NC(=O)[C@@H]3CCCN(C(=O)CCC4CCNCC4)C3)c2)ccc1F. The lowest BCUT2D eigenvalue weighted by molar-refractivity contribution is -0.138. The number of benzene rings is 1. The molecule has 2 aliphatic rings. The highest BCUT2D eigenvalue weighted by Crippen LogP contribution is 2.25. The number of hydrogen-bond acceptors (Lipinski definition) is 7. The van der Waals surface area contributed by atoms with Crippen molar-refractivity contribution in [1.82, 2.24) is 20.5 Å². The number of nitrogens with zero attached hydrogens (tertiary/aromatic N) is 3. The quantitative estimate of drug-likeness (QED) is 0.376. The zero-order valence-corrected chi connectivity index (χ0v) is 23.0. The van der Waals surface area contributed by atoms with Crippen molar-refractivity contribution in [3.05, 3.63) is 59.2 Å². The number of carbonyl (C=O) groups excluding carboxylic acids is 2. The fraction of sp³-hybridized carbons (Fsp3) is 0.500. The normalized spacial score (nSPS) is 18.2. The first-order valence-electron chi connectivity index (χ1n) is 14.1. The van der Waals surface area contributed by atoms with Crippen molar-refractivity contribution in [3.63, 3.8) is 0 Å². The van der Waals surface area contributed by atoms with E-state index in [1.807, 2.05) is 0 Å². The molecule has 0 radical (unpaired) electrons. The summed E-state index contributed by atoms with van der Waals surface area (Å²) in [5, 5.41) is 24.8. The van der Waals surface area contributed by atoms with Crippen LogP contribution in [-0.4, -0.2) is 59.0 Å². The molecule has 1 aromatic carbocycles. The summed E-state index contributed by atoms with van der Waals surface area (Å²) in [6, 6.07) is 6.64. The van der Waals surface area contributed by atoms with E-state index >= 15 is 0 Å². The van der Waals surface area contributed by atoms with E-state index in [1.165, 1.54) is 30.6 Å². The Hall–Kier alpha value is -4.04. The molecule has 1 aromatic heterocycles. The molecule has 2 atom stereocenters. The van der Waals surface area contributed by atoms with Gasteiger partial charge in [0.1, 0.15) is 24.2 Å². The van der Waals surface area contributed by atoms with Crippen LogP contribution in [0.15, 0.2) is 36.7 Å². The van der Waals surface area contributed by atoms with Gasteiger partial charge in [-0.2, -0.15) is 5.26 Å². The third-order valence-electron chi connectivity index (χ3n) is 7.76. The second-order valence-corrected chi connectivity index (χ2v) is 10.7. The van der Waals surface area contributed by atoms with Crippen molar-refractivity contribution < 1.29 is 28.6 Å². The first-order chi connectivity index (χ1) is 19.8. The Labute approximate surface area is 238 Å². The number of aromatic nitrogens is 1. The Kier molecular flexibility index (Phi) is 10.6. The van der Waals surface area contributed by atoms with Gasteiger partial charge in [0, 0.05) is 25.7 Å². The van der Waals surface area contributed by atoms with Gasteiger partial charge in [0.15, 0.2) is 0 Å². The summed E-state index contributed by atoms with van der Waals surface area (Å²) in [5.41, 5.74) is 0.948. The second kappa shape index (κ2) is 14.6. The minimum absolute atomic E-state index is 0.0413. The van der Waals surface area contributed by atoms with Crippen LogP contribution in [0, 0.1) is 29.0 Å². The Morgan fingerprint density at radius 2 is 2.02 bits per heavy atom. The van der Waals surface area contributed by atoms with Crippen molar-refractivity contribution in [3.8, 4) is 11.8 Å². The molecule has 41 heavy (non-hydrogen) atoms. The van der Waals surface area contributed by atoms with E-state index in [1.54, 1.807) is 17.0 Å². The number of nitrogens with one attached hydrogen (secondary N) is 2. The Morgan fingerprint density at radius 3 is 2.78 bits per heavy atom. The van der Waals surface area contributed by atoms with E-state index in [4.69, 9.17) is 10.00 Å². The second-order valence-electron chi connectivity index (χ2n) is 10.7. The summed E-state index contributed by atoms with van der Waals surface area (Å²) in [6.45, 7) is 2.97. The van der Waals surface area contributed by atoms with Crippen molar-refractivity contribution >= 4 is 17.8 Å². The first kappa shape index (κ1) is 29.9. The minimum Gasteiger partial charge on any atom is -0.487 e. The van der Waals surface area contributed by atoms with Gasteiger partial charge in [0.25, 0.3) is 0 Å². The molecule has 0 aliphatic carbocycles. The van der Waals surface area contributed by atoms with Crippen molar-refractivity contribution in [2.45, 2.75) is 57.6 Å². The standard InChI is InChI=1S/C30H36FN5O5/c31-26-5-3-21(12-23(26)15-32)19-41-25-13-24(16-34-17-25)27(14-29(38)39)35-30(40)22-2-1-11-36(18-22)28(37)6-4-20-7-9-33-10-8-20/h3,5,12-13,16-17,20,22,27,33H,1-2,4,6-11,14,18-19H2,(H,35,40)(H,38,39)/t22-,27+/m1/s1. The number of halogens is 1. The van der Waals surface area contributed by atoms with Crippen LogP contribution in [0.4, 0.5) is 4.39 Å². The van der Waals surface area contributed by atoms with Crippen molar-refractivity contribution in [1.29, 1.82) is 5.26 Å². The number of carboxylic acids is 1. The van der Waals surface area contributed by atoms with Gasteiger partial charge in [-0.15, -0.1) is 0 Å². The molecule has 3 N–H and O–H groups in total. The third kappa shape index (κ3) is 8.72. The molecule has 2 amide bonds. The average Bonchev–Trinajstić information content (AvgIpc) is 2.99. The summed E-state index contributed by atoms with van der Waals surface area (Å²) < 4.78 is 19.4. The molecule has 2 fully saturated rings. The smallest absolute Gasteiger partial charge is 0.305 e. The van der Waals surface area contributed by atoms with Gasteiger partial charge >= 0.3 is 5.97 Å². The van der Waals surface area contributed by atoms with E-state index < -0.39 is 23.7 Å². The molecule has 0 bridgehead atoms. The molecule has 10 nitrogen and oxygen atoms in total. The fourth-order valence-corrected chi connectivity index (χ4v) is 5.41. The van der Waals surface area contributed by atoms with Gasteiger partial charge in [0.05, 0.1) is 30.1 Å². The van der Waals surface area contributed by atoms with Gasteiger partial charge < -0.3 is 25.4 Å². The number of rotatable bonds is 11. The first-order valence-corrected chi connectivity index (χ1v) is 14.1. The maximum Gasteiger partial charge on any atom is 0.305 e. The van der Waals surface area contributed by atoms with E-state index in [0.29, 0.717) is 55.1 Å². The topological polar surface area (TPSA) is 145 Å². The molecule has 0 unspecified atom stereocenters. The van der Waals surface area contributed by atoms with Crippen molar-refractivity contribution in [2.24, 2.45) is 11.8 Å². The maximum atomic E-state index is 13.6. The predicted molar refractivity (Wildman–Crippen MR) is 147 cm³/mol. The average molecular weight is 566 g/mol. The summed E-state index contributed by atoms with van der Waals surface area (Å²) in [5.74, 6) is -1.47. The maximum absolute atomic E-state index is 13.6. The highest BCUT2D eigenvalue weighted by Gasteiger charge is 2.31. The third-order valence-corrected chi connectivity index (χ3v) is 7.76. The number of piperidine rings is 2. The molecular weight excluding hydrogens is 529 g/mol. The fourth-order valence-electron chi connectivity index (χ4n) is 5.41. The molecule has 0 saturated carbocycles.